The van der Waals surface area contributed by atoms with E-state index in [1.165, 1.54) is 0 Å². The summed E-state index contributed by atoms with van der Waals surface area (Å²) in [7, 11) is 0. The van der Waals surface area contributed by atoms with Gasteiger partial charge >= 0.3 is 11.9 Å². The number of nitrogens with zero attached hydrogens (tertiary/aromatic N) is 1. The first-order valence-electron chi connectivity index (χ1n) is 4.39. The van der Waals surface area contributed by atoms with Crippen molar-refractivity contribution in [1.82, 2.24) is 0 Å². The molecule has 0 saturated heterocycles. The molecule has 0 bridgehead atoms. The van der Waals surface area contributed by atoms with E-state index in [4.69, 9.17) is 10.2 Å². The Labute approximate surface area is 94.6 Å². The molecule has 17 heavy (non-hydrogen) atoms. The summed E-state index contributed by atoms with van der Waals surface area (Å²) in [6.07, 6.45) is 0. The topological polar surface area (TPSA) is 130 Å². The Bertz CT molecular complexity index is 484. The molecule has 0 aliphatic rings. The van der Waals surface area contributed by atoms with E-state index < -0.39 is 23.4 Å². The Balaban J connectivity index is 3.11. The summed E-state index contributed by atoms with van der Waals surface area (Å²) < 4.78 is 0. The molecule has 0 unspecified atom stereocenters. The lowest BCUT2D eigenvalue weighted by atomic mass is 10.1. The lowest BCUT2D eigenvalue weighted by Gasteiger charge is -2.06. The minimum Gasteiger partial charge on any atom is -0.480 e. The van der Waals surface area contributed by atoms with Gasteiger partial charge in [-0.1, -0.05) is 0 Å². The van der Waals surface area contributed by atoms with Crippen LogP contribution in [0.2, 0.25) is 0 Å². The lowest BCUT2D eigenvalue weighted by molar-refractivity contribution is -0.384. The van der Waals surface area contributed by atoms with Crippen molar-refractivity contribution in [3.63, 3.8) is 0 Å². The number of benzene rings is 1. The number of aromatic carboxylic acids is 1. The van der Waals surface area contributed by atoms with Gasteiger partial charge in [-0.25, -0.2) is 4.79 Å². The maximum atomic E-state index is 10.8. The molecule has 1 aromatic rings. The molecule has 0 aliphatic heterocycles. The van der Waals surface area contributed by atoms with Crippen molar-refractivity contribution in [3.05, 3.63) is 33.9 Å². The number of carboxylic acids is 2. The maximum absolute atomic E-state index is 10.8. The van der Waals surface area contributed by atoms with E-state index in [1.807, 2.05) is 0 Å². The van der Waals surface area contributed by atoms with Gasteiger partial charge in [-0.15, -0.1) is 0 Å². The Morgan fingerprint density at radius 2 is 2.00 bits per heavy atom. The van der Waals surface area contributed by atoms with Crippen molar-refractivity contribution in [2.24, 2.45) is 0 Å². The number of hydrogen-bond acceptors (Lipinski definition) is 5. The second-order valence-corrected chi connectivity index (χ2v) is 3.04. The van der Waals surface area contributed by atoms with Crippen LogP contribution in [0.25, 0.3) is 0 Å². The Kier molecular flexibility index (Phi) is 3.60. The number of carbonyl (C=O) groups is 2. The van der Waals surface area contributed by atoms with Crippen LogP contribution in [0.3, 0.4) is 0 Å². The highest BCUT2D eigenvalue weighted by atomic mass is 16.6. The van der Waals surface area contributed by atoms with Crippen LogP contribution >= 0.6 is 0 Å². The Morgan fingerprint density at radius 3 is 2.47 bits per heavy atom. The normalized spacial score (nSPS) is 9.65. The number of nitro groups is 1. The molecule has 0 saturated carbocycles. The van der Waals surface area contributed by atoms with Crippen LogP contribution in [0.15, 0.2) is 18.2 Å². The van der Waals surface area contributed by atoms with Crippen molar-refractivity contribution in [2.45, 2.75) is 0 Å². The molecule has 0 atom stereocenters. The summed E-state index contributed by atoms with van der Waals surface area (Å²) in [5, 5.41) is 30.0. The number of nitrogens with one attached hydrogen (secondary N) is 1. The van der Waals surface area contributed by atoms with Crippen LogP contribution < -0.4 is 5.32 Å². The van der Waals surface area contributed by atoms with Gasteiger partial charge in [0.25, 0.3) is 5.69 Å². The zero-order valence-electron chi connectivity index (χ0n) is 8.41. The first-order valence-corrected chi connectivity index (χ1v) is 4.39. The van der Waals surface area contributed by atoms with Crippen molar-refractivity contribution in [3.8, 4) is 0 Å². The van der Waals surface area contributed by atoms with Crippen LogP contribution in [0, 0.1) is 10.1 Å². The third-order valence-electron chi connectivity index (χ3n) is 1.87. The molecule has 8 nitrogen and oxygen atoms in total. The zero-order chi connectivity index (χ0) is 13.0. The summed E-state index contributed by atoms with van der Waals surface area (Å²) in [5.74, 6) is -2.50. The summed E-state index contributed by atoms with van der Waals surface area (Å²) in [6.45, 7) is -0.526. The Morgan fingerprint density at radius 1 is 1.35 bits per heavy atom. The molecule has 3 N–H and O–H groups in total. The van der Waals surface area contributed by atoms with E-state index in [-0.39, 0.29) is 16.9 Å². The van der Waals surface area contributed by atoms with Crippen LogP contribution in [-0.4, -0.2) is 33.6 Å². The van der Waals surface area contributed by atoms with Gasteiger partial charge in [-0.3, -0.25) is 14.9 Å². The molecule has 90 valence electrons. The van der Waals surface area contributed by atoms with Crippen LogP contribution in [0.5, 0.6) is 0 Å². The molecule has 1 aromatic carbocycles. The van der Waals surface area contributed by atoms with Gasteiger partial charge in [-0.2, -0.15) is 0 Å². The fraction of sp³-hybridized carbons (Fsp3) is 0.111. The van der Waals surface area contributed by atoms with E-state index in [0.29, 0.717) is 0 Å². The highest BCUT2D eigenvalue weighted by molar-refractivity contribution is 5.95. The van der Waals surface area contributed by atoms with Crippen LogP contribution in [-0.2, 0) is 4.79 Å². The van der Waals surface area contributed by atoms with Crippen LogP contribution in [0.1, 0.15) is 10.4 Å². The quantitative estimate of drug-likeness (QED) is 0.512. The van der Waals surface area contributed by atoms with E-state index in [1.54, 1.807) is 0 Å². The molecule has 0 aromatic heterocycles. The fourth-order valence-corrected chi connectivity index (χ4v) is 1.15. The van der Waals surface area contributed by atoms with E-state index in [0.717, 1.165) is 18.2 Å². The molecule has 1 rings (SSSR count). The lowest BCUT2D eigenvalue weighted by Crippen LogP contribution is -2.15. The first kappa shape index (κ1) is 12.4. The summed E-state index contributed by atoms with van der Waals surface area (Å²) in [6, 6.07) is 3.06. The van der Waals surface area contributed by atoms with E-state index >= 15 is 0 Å². The van der Waals surface area contributed by atoms with Gasteiger partial charge < -0.3 is 15.5 Å². The van der Waals surface area contributed by atoms with E-state index in [9.17, 15) is 19.7 Å². The highest BCUT2D eigenvalue weighted by Crippen LogP contribution is 2.22. The molecule has 0 fully saturated rings. The minimum absolute atomic E-state index is 0.103. The molecule has 8 heteroatoms. The highest BCUT2D eigenvalue weighted by Gasteiger charge is 2.15. The second-order valence-electron chi connectivity index (χ2n) is 3.04. The zero-order valence-corrected chi connectivity index (χ0v) is 8.41. The first-order chi connectivity index (χ1) is 7.91. The molecule has 0 spiro atoms. The summed E-state index contributed by atoms with van der Waals surface area (Å²) in [4.78, 5) is 30.9. The third kappa shape index (κ3) is 3.16. The van der Waals surface area contributed by atoms with Gasteiger partial charge in [0.05, 0.1) is 16.2 Å². The molecular formula is C9H8N2O6. The molecule has 0 radical (unpaired) electrons. The largest absolute Gasteiger partial charge is 0.480 e. The summed E-state index contributed by atoms with van der Waals surface area (Å²) in [5.41, 5.74) is -0.645. The summed E-state index contributed by atoms with van der Waals surface area (Å²) >= 11 is 0. The number of aliphatic carboxylic acids is 1. The number of non-ortho nitro benzene ring substituents is 1. The molecular weight excluding hydrogens is 232 g/mol. The van der Waals surface area contributed by atoms with Crippen molar-refractivity contribution < 1.29 is 24.7 Å². The van der Waals surface area contributed by atoms with Gasteiger partial charge in [0.15, 0.2) is 0 Å². The third-order valence-corrected chi connectivity index (χ3v) is 1.87. The SMILES string of the molecule is O=C(O)CNc1cc([N+](=O)[O-])ccc1C(=O)O. The smallest absolute Gasteiger partial charge is 0.337 e. The predicted molar refractivity (Wildman–Crippen MR) is 56.2 cm³/mol. The van der Waals surface area contributed by atoms with Crippen molar-refractivity contribution in [2.75, 3.05) is 11.9 Å². The van der Waals surface area contributed by atoms with Gasteiger partial charge in [0, 0.05) is 12.1 Å². The minimum atomic E-state index is -1.30. The maximum Gasteiger partial charge on any atom is 0.337 e. The molecule has 0 aliphatic carbocycles. The fourth-order valence-electron chi connectivity index (χ4n) is 1.15. The van der Waals surface area contributed by atoms with Gasteiger partial charge in [0.2, 0.25) is 0 Å². The van der Waals surface area contributed by atoms with E-state index in [2.05, 4.69) is 5.32 Å². The van der Waals surface area contributed by atoms with Crippen LogP contribution in [0.4, 0.5) is 11.4 Å². The van der Waals surface area contributed by atoms with Gasteiger partial charge in [-0.05, 0) is 6.07 Å². The predicted octanol–water partition coefficient (Wildman–Crippen LogP) is 0.790. The van der Waals surface area contributed by atoms with Crippen molar-refractivity contribution in [1.29, 1.82) is 0 Å². The molecule has 0 amide bonds. The average Bonchev–Trinajstić information content (AvgIpc) is 2.25. The monoisotopic (exact) mass is 240 g/mol. The standard InChI is InChI=1S/C9H8N2O6/c12-8(13)4-10-7-3-5(11(16)17)1-2-6(7)9(14)15/h1-3,10H,4H2,(H,12,13)(H,14,15). The van der Waals surface area contributed by atoms with Gasteiger partial charge in [0.1, 0.15) is 6.54 Å². The van der Waals surface area contributed by atoms with Crippen molar-refractivity contribution >= 4 is 23.3 Å². The number of nitro benzene ring substituents is 1. The Hall–Kier alpha value is -2.64. The average molecular weight is 240 g/mol. The number of carboxylic acid groups (broad SMARTS) is 2. The number of anilines is 1. The number of hydrogen-bond donors (Lipinski definition) is 3. The number of rotatable bonds is 5. The second kappa shape index (κ2) is 4.92. The molecule has 0 heterocycles.